The molecule has 2 atom stereocenters. The number of halogens is 1. The van der Waals surface area contributed by atoms with Crippen molar-refractivity contribution in [1.82, 2.24) is 10.6 Å². The first-order valence-electron chi connectivity index (χ1n) is 5.63. The van der Waals surface area contributed by atoms with E-state index in [2.05, 4.69) is 10.6 Å². The molecule has 0 aliphatic rings. The van der Waals surface area contributed by atoms with Crippen molar-refractivity contribution in [2.24, 2.45) is 0 Å². The van der Waals surface area contributed by atoms with Crippen LogP contribution >= 0.6 is 8.93 Å². The zero-order valence-electron chi connectivity index (χ0n) is 11.0. The molecule has 0 aromatic carbocycles. The molecule has 0 aliphatic heterocycles. The summed E-state index contributed by atoms with van der Waals surface area (Å²) < 4.78 is 0. The van der Waals surface area contributed by atoms with E-state index in [0.29, 0.717) is 0 Å². The average molecular weight is 435 g/mol. The summed E-state index contributed by atoms with van der Waals surface area (Å²) in [5.74, 6) is -3.59. The number of aliphatic carboxylic acids is 3. The Morgan fingerprint density at radius 2 is 1.57 bits per heavy atom. The summed E-state index contributed by atoms with van der Waals surface area (Å²) in [6.45, 7) is 0. The topological polar surface area (TPSA) is 153 Å². The molecule has 0 radical (unpaired) electrons. The van der Waals surface area contributed by atoms with Crippen molar-refractivity contribution in [1.29, 1.82) is 0 Å². The fraction of sp³-hybridized carbons (Fsp3) is 0.600. The van der Waals surface area contributed by atoms with Crippen molar-refractivity contribution >= 4 is 32.9 Å². The van der Waals surface area contributed by atoms with E-state index in [4.69, 9.17) is 15.3 Å². The third kappa shape index (κ3) is 9.33. The second-order valence-electron chi connectivity index (χ2n) is 3.76. The van der Waals surface area contributed by atoms with E-state index in [1.807, 2.05) is 4.93 Å². The van der Waals surface area contributed by atoms with Gasteiger partial charge in [-0.25, -0.2) is 0 Å². The minimum absolute atomic E-state index is 0.194. The summed E-state index contributed by atoms with van der Waals surface area (Å²) in [7, 11) is 1.42. The number of hydrogen-bond donors (Lipinski definition) is 5. The molecule has 0 saturated heterocycles. The Kier molecular flexibility index (Phi) is 9.86. The molecule has 2 unspecified atom stereocenters. The molecular weight excluding hydrogens is 419 g/mol. The van der Waals surface area contributed by atoms with Crippen LogP contribution in [-0.2, 0) is 14.4 Å². The van der Waals surface area contributed by atoms with Crippen molar-refractivity contribution in [2.75, 3.05) is 10.7 Å². The fourth-order valence-electron chi connectivity index (χ4n) is 1.18. The van der Waals surface area contributed by atoms with Crippen LogP contribution in [-0.4, -0.2) is 62.0 Å². The second-order valence-corrected chi connectivity index (χ2v) is 9.13. The van der Waals surface area contributed by atoms with Crippen LogP contribution in [0.1, 0.15) is 12.8 Å². The van der Waals surface area contributed by atoms with Crippen LogP contribution in [0.2, 0.25) is 0 Å². The molecule has 0 fully saturated rings. The van der Waals surface area contributed by atoms with E-state index in [9.17, 15) is 19.2 Å². The molecule has 0 heterocycles. The Bertz CT molecular complexity index is 407. The minimum atomic E-state index is -1.39. The van der Waals surface area contributed by atoms with Gasteiger partial charge in [-0.15, -0.1) is 0 Å². The van der Waals surface area contributed by atoms with Crippen LogP contribution in [0.5, 0.6) is 0 Å². The Morgan fingerprint density at radius 3 is 2.00 bits per heavy atom. The molecule has 0 aromatic rings. The van der Waals surface area contributed by atoms with Gasteiger partial charge >= 0.3 is 133 Å². The van der Waals surface area contributed by atoms with Gasteiger partial charge in [0.2, 0.25) is 0 Å². The molecule has 0 aromatic heterocycles. The second kappa shape index (κ2) is 10.5. The van der Waals surface area contributed by atoms with E-state index in [-0.39, 0.29) is 32.0 Å². The first-order valence-corrected chi connectivity index (χ1v) is 11.3. The van der Waals surface area contributed by atoms with Gasteiger partial charge in [-0.05, 0) is 0 Å². The van der Waals surface area contributed by atoms with Gasteiger partial charge in [-0.2, -0.15) is 0 Å². The zero-order chi connectivity index (χ0) is 16.4. The maximum absolute atomic E-state index is 11.6. The fourth-order valence-corrected chi connectivity index (χ4v) is 3.82. The first-order chi connectivity index (χ1) is 9.77. The summed E-state index contributed by atoms with van der Waals surface area (Å²) in [5.41, 5.74) is 0. The summed E-state index contributed by atoms with van der Waals surface area (Å²) in [5, 5.41) is 30.5. The van der Waals surface area contributed by atoms with Crippen molar-refractivity contribution in [3.63, 3.8) is 0 Å². The van der Waals surface area contributed by atoms with Crippen molar-refractivity contribution < 1.29 is 54.3 Å². The van der Waals surface area contributed by atoms with Gasteiger partial charge in [0.05, 0.1) is 0 Å². The van der Waals surface area contributed by atoms with Crippen molar-refractivity contribution in [3.8, 4) is 0 Å². The molecular formula is C10H16IN2O7S-. The molecule has 122 valence electrons. The Balaban J connectivity index is 4.49. The first kappa shape index (κ1) is 19.8. The number of rotatable bonds is 10. The van der Waals surface area contributed by atoms with Gasteiger partial charge in [0.1, 0.15) is 0 Å². The van der Waals surface area contributed by atoms with Gasteiger partial charge in [0, 0.05) is 0 Å². The number of urea groups is 1. The van der Waals surface area contributed by atoms with Gasteiger partial charge in [0.25, 0.3) is 0 Å². The van der Waals surface area contributed by atoms with Gasteiger partial charge in [0.15, 0.2) is 0 Å². The number of carbonyl (C=O) groups excluding carboxylic acids is 1. The molecule has 0 rings (SSSR count). The number of amides is 2. The van der Waals surface area contributed by atoms with Crippen LogP contribution < -0.4 is 30.5 Å². The number of carbonyl (C=O) groups is 4. The number of nitrogens with one attached hydrogen (secondary N) is 2. The standard InChI is InChI=1S/C10H16IN2O7S/c1-11-21-4-6(9(18)19)13-10(20)12-5(8(16)17)2-3-7(14)15/h5-6H,2-4H2,1H3,(H,14,15)(H,16,17)(H,18,19)(H2,12,13,20)/q-1. The van der Waals surface area contributed by atoms with Crippen molar-refractivity contribution in [3.05, 3.63) is 0 Å². The molecule has 0 spiro atoms. The molecule has 0 bridgehead atoms. The summed E-state index contributed by atoms with van der Waals surface area (Å²) in [6.07, 6.45) is -0.708. The summed E-state index contributed by atoms with van der Waals surface area (Å²) >= 11 is -0.197. The Hall–Kier alpha value is -1.24. The van der Waals surface area contributed by atoms with E-state index >= 15 is 0 Å². The Labute approximate surface area is 133 Å². The van der Waals surface area contributed by atoms with E-state index in [1.165, 1.54) is 8.93 Å². The van der Waals surface area contributed by atoms with Crippen LogP contribution in [0, 0.1) is 0 Å². The van der Waals surface area contributed by atoms with E-state index < -0.39 is 42.4 Å². The zero-order valence-corrected chi connectivity index (χ0v) is 14.0. The van der Waals surface area contributed by atoms with E-state index in [1.54, 1.807) is 0 Å². The third-order valence-electron chi connectivity index (χ3n) is 2.19. The molecule has 5 N–H and O–H groups in total. The molecule has 2 amide bonds. The third-order valence-corrected chi connectivity index (χ3v) is 5.82. The maximum atomic E-state index is 11.6. The summed E-state index contributed by atoms with van der Waals surface area (Å²) in [6, 6.07) is -3.46. The number of alkyl halides is 1. The average Bonchev–Trinajstić information content (AvgIpc) is 2.38. The predicted molar refractivity (Wildman–Crippen MR) is 69.8 cm³/mol. The van der Waals surface area contributed by atoms with Gasteiger partial charge < -0.3 is 0 Å². The number of carboxylic acids is 3. The van der Waals surface area contributed by atoms with Crippen LogP contribution in [0.25, 0.3) is 0 Å². The molecule has 0 saturated carbocycles. The SMILES string of the molecule is C[I-]SCC(NC(=O)NC(CCC(=O)O)C(=O)O)C(=O)O. The molecule has 0 aliphatic carbocycles. The van der Waals surface area contributed by atoms with Crippen LogP contribution in [0.15, 0.2) is 0 Å². The molecule has 9 nitrogen and oxygen atoms in total. The van der Waals surface area contributed by atoms with Gasteiger partial charge in [-0.1, -0.05) is 0 Å². The predicted octanol–water partition coefficient (Wildman–Crippen LogP) is -3.58. The van der Waals surface area contributed by atoms with Crippen LogP contribution in [0.4, 0.5) is 4.79 Å². The molecule has 21 heavy (non-hydrogen) atoms. The normalized spacial score (nSPS) is 13.2. The monoisotopic (exact) mass is 435 g/mol. The summed E-state index contributed by atoms with van der Waals surface area (Å²) in [4.78, 5) is 45.7. The quantitative estimate of drug-likeness (QED) is 0.175. The van der Waals surface area contributed by atoms with Gasteiger partial charge in [-0.3, -0.25) is 0 Å². The number of hydrogen-bond acceptors (Lipinski definition) is 5. The Morgan fingerprint density at radius 1 is 1.05 bits per heavy atom. The van der Waals surface area contributed by atoms with Crippen molar-refractivity contribution in [2.45, 2.75) is 24.9 Å². The van der Waals surface area contributed by atoms with Crippen LogP contribution in [0.3, 0.4) is 0 Å². The molecule has 11 heteroatoms. The van der Waals surface area contributed by atoms with E-state index in [0.717, 1.165) is 0 Å². The number of carboxylic acid groups (broad SMARTS) is 3.